The molecule has 1 aromatic rings. The van der Waals surface area contributed by atoms with Crippen LogP contribution in [0, 0.1) is 13.8 Å². The van der Waals surface area contributed by atoms with Gasteiger partial charge >= 0.3 is 0 Å². The topological polar surface area (TPSA) is 29.9 Å². The standard InChI is InChI=1S/C12H22FN3/c1-9(2)14-8-12-10(3)15-16(11(12)4)7-5-6-13/h9,14H,5-8H2,1-4H3. The molecule has 92 valence electrons. The fourth-order valence-corrected chi connectivity index (χ4v) is 1.72. The van der Waals surface area contributed by atoms with Crippen LogP contribution >= 0.6 is 0 Å². The van der Waals surface area contributed by atoms with E-state index in [0.29, 0.717) is 19.0 Å². The van der Waals surface area contributed by atoms with Gasteiger partial charge in [0.2, 0.25) is 0 Å². The summed E-state index contributed by atoms with van der Waals surface area (Å²) >= 11 is 0. The quantitative estimate of drug-likeness (QED) is 0.808. The molecule has 1 N–H and O–H groups in total. The van der Waals surface area contributed by atoms with Crippen LogP contribution < -0.4 is 5.32 Å². The predicted molar refractivity (Wildman–Crippen MR) is 64.3 cm³/mol. The monoisotopic (exact) mass is 227 g/mol. The molecule has 1 heterocycles. The van der Waals surface area contributed by atoms with E-state index < -0.39 is 0 Å². The maximum Gasteiger partial charge on any atom is 0.0912 e. The Morgan fingerprint density at radius 1 is 1.38 bits per heavy atom. The molecular weight excluding hydrogens is 205 g/mol. The summed E-state index contributed by atoms with van der Waals surface area (Å²) in [5.41, 5.74) is 3.44. The third-order valence-electron chi connectivity index (χ3n) is 2.72. The Morgan fingerprint density at radius 2 is 2.06 bits per heavy atom. The highest BCUT2D eigenvalue weighted by Gasteiger charge is 2.10. The van der Waals surface area contributed by atoms with E-state index in [1.54, 1.807) is 0 Å². The number of hydrogen-bond donors (Lipinski definition) is 1. The highest BCUT2D eigenvalue weighted by atomic mass is 19.1. The normalized spacial score (nSPS) is 11.4. The largest absolute Gasteiger partial charge is 0.310 e. The Morgan fingerprint density at radius 3 is 2.62 bits per heavy atom. The van der Waals surface area contributed by atoms with Gasteiger partial charge in [-0.05, 0) is 20.3 Å². The molecule has 0 saturated carbocycles. The van der Waals surface area contributed by atoms with Crippen molar-refractivity contribution in [2.45, 2.75) is 53.2 Å². The molecule has 0 aliphatic heterocycles. The lowest BCUT2D eigenvalue weighted by Crippen LogP contribution is -2.22. The molecule has 4 heteroatoms. The van der Waals surface area contributed by atoms with Crippen LogP contribution in [0.5, 0.6) is 0 Å². The molecule has 0 spiro atoms. The molecule has 1 rings (SSSR count). The van der Waals surface area contributed by atoms with Crippen LogP contribution in [0.1, 0.15) is 37.2 Å². The first-order valence-electron chi connectivity index (χ1n) is 5.88. The first-order chi connectivity index (χ1) is 7.56. The number of aromatic nitrogens is 2. The lowest BCUT2D eigenvalue weighted by Gasteiger charge is -2.08. The average Bonchev–Trinajstić information content (AvgIpc) is 2.48. The smallest absolute Gasteiger partial charge is 0.0912 e. The number of nitrogens with one attached hydrogen (secondary N) is 1. The van der Waals surface area contributed by atoms with Gasteiger partial charge in [0.25, 0.3) is 0 Å². The van der Waals surface area contributed by atoms with Crippen LogP contribution in [0.2, 0.25) is 0 Å². The van der Waals surface area contributed by atoms with E-state index in [0.717, 1.165) is 17.9 Å². The van der Waals surface area contributed by atoms with Crippen molar-refractivity contribution < 1.29 is 4.39 Å². The first-order valence-corrected chi connectivity index (χ1v) is 5.88. The zero-order chi connectivity index (χ0) is 12.1. The van der Waals surface area contributed by atoms with E-state index >= 15 is 0 Å². The Kier molecular flexibility index (Phi) is 4.93. The summed E-state index contributed by atoms with van der Waals surface area (Å²) in [4.78, 5) is 0. The van der Waals surface area contributed by atoms with E-state index in [2.05, 4.69) is 31.2 Å². The van der Waals surface area contributed by atoms with E-state index in [1.807, 2.05) is 11.6 Å². The second kappa shape index (κ2) is 5.99. The molecule has 0 amide bonds. The first kappa shape index (κ1) is 13.2. The Hall–Kier alpha value is -0.900. The second-order valence-electron chi connectivity index (χ2n) is 4.45. The van der Waals surface area contributed by atoms with Crippen molar-refractivity contribution in [2.75, 3.05) is 6.67 Å². The van der Waals surface area contributed by atoms with Gasteiger partial charge in [-0.25, -0.2) is 0 Å². The molecule has 3 nitrogen and oxygen atoms in total. The van der Waals surface area contributed by atoms with Crippen molar-refractivity contribution in [3.8, 4) is 0 Å². The van der Waals surface area contributed by atoms with Gasteiger partial charge in [-0.2, -0.15) is 5.10 Å². The van der Waals surface area contributed by atoms with Gasteiger partial charge in [0.15, 0.2) is 0 Å². The van der Waals surface area contributed by atoms with Crippen LogP contribution in [-0.4, -0.2) is 22.5 Å². The molecule has 0 unspecified atom stereocenters. The van der Waals surface area contributed by atoms with Crippen LogP contribution in [0.25, 0.3) is 0 Å². The molecule has 16 heavy (non-hydrogen) atoms. The molecule has 0 aliphatic carbocycles. The third kappa shape index (κ3) is 3.30. The Labute approximate surface area is 97.0 Å². The van der Waals surface area contributed by atoms with Gasteiger partial charge in [-0.3, -0.25) is 9.07 Å². The Balaban J connectivity index is 2.72. The number of alkyl halides is 1. The SMILES string of the molecule is Cc1nn(CCCF)c(C)c1CNC(C)C. The van der Waals surface area contributed by atoms with Gasteiger partial charge in [0.1, 0.15) is 0 Å². The van der Waals surface area contributed by atoms with E-state index in [1.165, 1.54) is 5.56 Å². The Bertz CT molecular complexity index is 331. The van der Waals surface area contributed by atoms with Gasteiger partial charge in [-0.1, -0.05) is 13.8 Å². The molecular formula is C12H22FN3. The highest BCUT2D eigenvalue weighted by Crippen LogP contribution is 2.13. The third-order valence-corrected chi connectivity index (χ3v) is 2.72. The number of rotatable bonds is 6. The van der Waals surface area contributed by atoms with Gasteiger partial charge in [0, 0.05) is 30.4 Å². The van der Waals surface area contributed by atoms with Gasteiger partial charge in [0.05, 0.1) is 12.4 Å². The van der Waals surface area contributed by atoms with Crippen molar-refractivity contribution in [2.24, 2.45) is 0 Å². The van der Waals surface area contributed by atoms with Crippen LogP contribution in [0.15, 0.2) is 0 Å². The maximum absolute atomic E-state index is 12.1. The van der Waals surface area contributed by atoms with E-state index in [-0.39, 0.29) is 6.67 Å². The fourth-order valence-electron chi connectivity index (χ4n) is 1.72. The molecule has 0 atom stereocenters. The van der Waals surface area contributed by atoms with Crippen molar-refractivity contribution in [3.05, 3.63) is 17.0 Å². The number of halogens is 1. The lowest BCUT2D eigenvalue weighted by molar-refractivity contribution is 0.431. The average molecular weight is 227 g/mol. The number of hydrogen-bond acceptors (Lipinski definition) is 2. The van der Waals surface area contributed by atoms with Crippen molar-refractivity contribution >= 4 is 0 Å². The van der Waals surface area contributed by atoms with Crippen molar-refractivity contribution in [1.82, 2.24) is 15.1 Å². The molecule has 0 saturated heterocycles. The van der Waals surface area contributed by atoms with Crippen molar-refractivity contribution in [3.63, 3.8) is 0 Å². The minimum Gasteiger partial charge on any atom is -0.310 e. The number of aryl methyl sites for hydroxylation is 2. The van der Waals surface area contributed by atoms with Crippen LogP contribution in [0.3, 0.4) is 0 Å². The fraction of sp³-hybridized carbons (Fsp3) is 0.750. The minimum absolute atomic E-state index is 0.280. The van der Waals surface area contributed by atoms with Crippen LogP contribution in [0.4, 0.5) is 4.39 Å². The van der Waals surface area contributed by atoms with E-state index in [9.17, 15) is 4.39 Å². The second-order valence-corrected chi connectivity index (χ2v) is 4.45. The molecule has 0 aromatic carbocycles. The lowest BCUT2D eigenvalue weighted by atomic mass is 10.2. The van der Waals surface area contributed by atoms with Gasteiger partial charge in [-0.15, -0.1) is 0 Å². The summed E-state index contributed by atoms with van der Waals surface area (Å²) in [5.74, 6) is 0. The highest BCUT2D eigenvalue weighted by molar-refractivity contribution is 5.24. The summed E-state index contributed by atoms with van der Waals surface area (Å²) < 4.78 is 14.0. The molecule has 0 fully saturated rings. The minimum atomic E-state index is -0.280. The summed E-state index contributed by atoms with van der Waals surface area (Å²) in [6.07, 6.45) is 0.541. The summed E-state index contributed by atoms with van der Waals surface area (Å²) in [7, 11) is 0. The van der Waals surface area contributed by atoms with Crippen LogP contribution in [-0.2, 0) is 13.1 Å². The summed E-state index contributed by atoms with van der Waals surface area (Å²) in [6.45, 7) is 9.54. The zero-order valence-electron chi connectivity index (χ0n) is 10.7. The molecule has 0 aliphatic rings. The molecule has 0 radical (unpaired) electrons. The summed E-state index contributed by atoms with van der Waals surface area (Å²) in [5, 5.41) is 7.82. The molecule has 0 bridgehead atoms. The predicted octanol–water partition coefficient (Wildman–Crippen LogP) is 2.36. The molecule has 1 aromatic heterocycles. The van der Waals surface area contributed by atoms with E-state index in [4.69, 9.17) is 0 Å². The maximum atomic E-state index is 12.1. The van der Waals surface area contributed by atoms with Crippen molar-refractivity contribution in [1.29, 1.82) is 0 Å². The number of nitrogens with zero attached hydrogens (tertiary/aromatic N) is 2. The summed E-state index contributed by atoms with van der Waals surface area (Å²) in [6, 6.07) is 0.466. The zero-order valence-corrected chi connectivity index (χ0v) is 10.7. The van der Waals surface area contributed by atoms with Gasteiger partial charge < -0.3 is 5.32 Å².